The second kappa shape index (κ2) is 5.16. The lowest BCUT2D eigenvalue weighted by Crippen LogP contribution is -2.31. The van der Waals surface area contributed by atoms with Crippen LogP contribution in [0.25, 0.3) is 0 Å². The zero-order valence-electron chi connectivity index (χ0n) is 12.2. The standard InChI is InChI=1S/C17H25NO/c1-13(18-12-17(2)8-3-4-9-17)14-5-6-16-15(11-14)7-10-19-16/h5-6,11,13,18H,3-4,7-10,12H2,1-2H3. The summed E-state index contributed by atoms with van der Waals surface area (Å²) in [6.45, 7) is 6.69. The Labute approximate surface area is 116 Å². The summed E-state index contributed by atoms with van der Waals surface area (Å²) in [5.41, 5.74) is 3.29. The molecule has 1 unspecified atom stereocenters. The van der Waals surface area contributed by atoms with E-state index in [1.807, 2.05) is 0 Å². The average molecular weight is 259 g/mol. The van der Waals surface area contributed by atoms with E-state index in [0.717, 1.165) is 25.3 Å². The van der Waals surface area contributed by atoms with Crippen LogP contribution in [0.3, 0.4) is 0 Å². The van der Waals surface area contributed by atoms with Gasteiger partial charge in [-0.15, -0.1) is 0 Å². The summed E-state index contributed by atoms with van der Waals surface area (Å²) in [6, 6.07) is 7.09. The van der Waals surface area contributed by atoms with Crippen LogP contribution in [0.4, 0.5) is 0 Å². The molecule has 1 fully saturated rings. The average Bonchev–Trinajstić information content (AvgIpc) is 3.04. The van der Waals surface area contributed by atoms with Crippen LogP contribution >= 0.6 is 0 Å². The van der Waals surface area contributed by atoms with Crippen molar-refractivity contribution in [3.05, 3.63) is 29.3 Å². The van der Waals surface area contributed by atoms with Crippen molar-refractivity contribution >= 4 is 0 Å². The summed E-state index contributed by atoms with van der Waals surface area (Å²) < 4.78 is 5.57. The number of rotatable bonds is 4. The summed E-state index contributed by atoms with van der Waals surface area (Å²) >= 11 is 0. The number of benzene rings is 1. The molecule has 1 aromatic rings. The van der Waals surface area contributed by atoms with Crippen molar-refractivity contribution in [1.82, 2.24) is 5.32 Å². The highest BCUT2D eigenvalue weighted by atomic mass is 16.5. The van der Waals surface area contributed by atoms with Crippen molar-refractivity contribution in [1.29, 1.82) is 0 Å². The Kier molecular flexibility index (Phi) is 3.53. The van der Waals surface area contributed by atoms with Crippen molar-refractivity contribution in [3.63, 3.8) is 0 Å². The van der Waals surface area contributed by atoms with Gasteiger partial charge < -0.3 is 10.1 Å². The molecule has 0 saturated heterocycles. The first-order valence-corrected chi connectivity index (χ1v) is 7.65. The monoisotopic (exact) mass is 259 g/mol. The van der Waals surface area contributed by atoms with E-state index in [4.69, 9.17) is 4.74 Å². The molecule has 1 aliphatic carbocycles. The quantitative estimate of drug-likeness (QED) is 0.886. The Hall–Kier alpha value is -1.02. The maximum absolute atomic E-state index is 5.57. The van der Waals surface area contributed by atoms with Crippen LogP contribution in [0.1, 0.15) is 56.7 Å². The van der Waals surface area contributed by atoms with Crippen molar-refractivity contribution in [2.75, 3.05) is 13.2 Å². The number of nitrogens with one attached hydrogen (secondary N) is 1. The number of fused-ring (bicyclic) bond motifs is 1. The van der Waals surface area contributed by atoms with Crippen LogP contribution in [-0.4, -0.2) is 13.2 Å². The van der Waals surface area contributed by atoms with Gasteiger partial charge >= 0.3 is 0 Å². The van der Waals surface area contributed by atoms with Crippen LogP contribution in [0, 0.1) is 5.41 Å². The molecule has 2 nitrogen and oxygen atoms in total. The first kappa shape index (κ1) is 13.0. The largest absolute Gasteiger partial charge is 0.493 e. The molecule has 104 valence electrons. The van der Waals surface area contributed by atoms with E-state index in [-0.39, 0.29) is 0 Å². The second-order valence-electron chi connectivity index (χ2n) is 6.59. The molecule has 0 aromatic heterocycles. The first-order chi connectivity index (χ1) is 9.16. The van der Waals surface area contributed by atoms with Gasteiger partial charge in [0.05, 0.1) is 6.61 Å². The van der Waals surface area contributed by atoms with E-state index < -0.39 is 0 Å². The van der Waals surface area contributed by atoms with Gasteiger partial charge in [-0.3, -0.25) is 0 Å². The van der Waals surface area contributed by atoms with Crippen LogP contribution < -0.4 is 10.1 Å². The van der Waals surface area contributed by atoms with Gasteiger partial charge in [0.2, 0.25) is 0 Å². The Balaban J connectivity index is 1.62. The normalized spacial score (nSPS) is 22.0. The van der Waals surface area contributed by atoms with Gasteiger partial charge in [-0.2, -0.15) is 0 Å². The minimum absolute atomic E-state index is 0.434. The lowest BCUT2D eigenvalue weighted by Gasteiger charge is -2.26. The van der Waals surface area contributed by atoms with Gasteiger partial charge in [0.1, 0.15) is 5.75 Å². The molecule has 1 aromatic carbocycles. The molecule has 19 heavy (non-hydrogen) atoms. The van der Waals surface area contributed by atoms with E-state index in [9.17, 15) is 0 Å². The Bertz CT molecular complexity index is 449. The van der Waals surface area contributed by atoms with Crippen molar-refractivity contribution in [2.24, 2.45) is 5.41 Å². The fraction of sp³-hybridized carbons (Fsp3) is 0.647. The van der Waals surface area contributed by atoms with Crippen molar-refractivity contribution in [3.8, 4) is 5.75 Å². The summed E-state index contributed by atoms with van der Waals surface area (Å²) in [7, 11) is 0. The van der Waals surface area contributed by atoms with Gasteiger partial charge in [-0.05, 0) is 42.4 Å². The fourth-order valence-electron chi connectivity index (χ4n) is 3.40. The molecule has 1 N–H and O–H groups in total. The Morgan fingerprint density at radius 3 is 2.89 bits per heavy atom. The van der Waals surface area contributed by atoms with Gasteiger partial charge in [0.25, 0.3) is 0 Å². The molecule has 0 spiro atoms. The lowest BCUT2D eigenvalue weighted by molar-refractivity contribution is 0.302. The molecule has 1 heterocycles. The van der Waals surface area contributed by atoms with E-state index in [1.165, 1.54) is 36.8 Å². The molecule has 2 heteroatoms. The molecule has 0 radical (unpaired) electrons. The summed E-state index contributed by atoms with van der Waals surface area (Å²) in [5, 5.41) is 3.73. The molecular formula is C17H25NO. The van der Waals surface area contributed by atoms with Crippen LogP contribution in [0.2, 0.25) is 0 Å². The summed E-state index contributed by atoms with van der Waals surface area (Å²) in [6.07, 6.45) is 6.63. The zero-order valence-corrected chi connectivity index (χ0v) is 12.2. The van der Waals surface area contributed by atoms with Crippen LogP contribution in [-0.2, 0) is 6.42 Å². The number of ether oxygens (including phenoxy) is 1. The minimum atomic E-state index is 0.434. The third kappa shape index (κ3) is 2.79. The highest BCUT2D eigenvalue weighted by Crippen LogP contribution is 2.37. The van der Waals surface area contributed by atoms with Crippen molar-refractivity contribution < 1.29 is 4.74 Å². The molecule has 1 saturated carbocycles. The van der Waals surface area contributed by atoms with E-state index >= 15 is 0 Å². The third-order valence-electron chi connectivity index (χ3n) is 4.86. The van der Waals surface area contributed by atoms with Gasteiger partial charge in [0, 0.05) is 19.0 Å². The van der Waals surface area contributed by atoms with Crippen molar-refractivity contribution in [2.45, 2.75) is 52.0 Å². The molecule has 2 aliphatic rings. The molecule has 3 rings (SSSR count). The molecular weight excluding hydrogens is 234 g/mol. The molecule has 1 aliphatic heterocycles. The van der Waals surface area contributed by atoms with Gasteiger partial charge in [-0.1, -0.05) is 31.9 Å². The van der Waals surface area contributed by atoms with E-state index in [0.29, 0.717) is 11.5 Å². The predicted molar refractivity (Wildman–Crippen MR) is 78.6 cm³/mol. The molecule has 1 atom stereocenters. The second-order valence-corrected chi connectivity index (χ2v) is 6.59. The fourth-order valence-corrected chi connectivity index (χ4v) is 3.40. The van der Waals surface area contributed by atoms with Crippen LogP contribution in [0.15, 0.2) is 18.2 Å². The highest BCUT2D eigenvalue weighted by molar-refractivity contribution is 5.40. The van der Waals surface area contributed by atoms with Crippen LogP contribution in [0.5, 0.6) is 5.75 Å². The highest BCUT2D eigenvalue weighted by Gasteiger charge is 2.28. The van der Waals surface area contributed by atoms with E-state index in [2.05, 4.69) is 37.4 Å². The number of hydrogen-bond donors (Lipinski definition) is 1. The third-order valence-corrected chi connectivity index (χ3v) is 4.86. The topological polar surface area (TPSA) is 21.3 Å². The number of hydrogen-bond acceptors (Lipinski definition) is 2. The first-order valence-electron chi connectivity index (χ1n) is 7.65. The Morgan fingerprint density at radius 1 is 1.32 bits per heavy atom. The summed E-state index contributed by atoms with van der Waals surface area (Å²) in [5.74, 6) is 1.08. The minimum Gasteiger partial charge on any atom is -0.493 e. The SMILES string of the molecule is CC(NCC1(C)CCCC1)c1ccc2c(c1)CCO2. The lowest BCUT2D eigenvalue weighted by atomic mass is 9.88. The predicted octanol–water partition coefficient (Wildman–Crippen LogP) is 3.85. The maximum Gasteiger partial charge on any atom is 0.122 e. The maximum atomic E-state index is 5.57. The Morgan fingerprint density at radius 2 is 2.11 bits per heavy atom. The summed E-state index contributed by atoms with van der Waals surface area (Å²) in [4.78, 5) is 0. The molecule has 0 bridgehead atoms. The smallest absolute Gasteiger partial charge is 0.122 e. The molecule has 0 amide bonds. The van der Waals surface area contributed by atoms with Gasteiger partial charge in [-0.25, -0.2) is 0 Å². The van der Waals surface area contributed by atoms with Gasteiger partial charge in [0.15, 0.2) is 0 Å². The van der Waals surface area contributed by atoms with E-state index in [1.54, 1.807) is 0 Å². The zero-order chi connectivity index (χ0) is 13.3.